The molecule has 0 fully saturated rings. The number of carbonyl (C=O) groups is 1. The summed E-state index contributed by atoms with van der Waals surface area (Å²) in [6.07, 6.45) is 0. The lowest BCUT2D eigenvalue weighted by Gasteiger charge is -2.05. The standard InChI is InChI=1S/C13H14N2O4/c1-4-18-13(16)11-14-12(19-15-11)9-7-8(2)5-6-10(9)17-3/h5-7H,4H2,1-3H3. The first kappa shape index (κ1) is 13.1. The summed E-state index contributed by atoms with van der Waals surface area (Å²) in [6, 6.07) is 5.56. The lowest BCUT2D eigenvalue weighted by atomic mass is 10.1. The van der Waals surface area contributed by atoms with Crippen LogP contribution in [0.1, 0.15) is 23.1 Å². The molecule has 0 spiro atoms. The van der Waals surface area contributed by atoms with Gasteiger partial charge >= 0.3 is 5.97 Å². The summed E-state index contributed by atoms with van der Waals surface area (Å²) in [7, 11) is 1.55. The first-order valence-electron chi connectivity index (χ1n) is 5.81. The maximum Gasteiger partial charge on any atom is 0.379 e. The van der Waals surface area contributed by atoms with Crippen LogP contribution in [0.3, 0.4) is 0 Å². The molecular formula is C13H14N2O4. The zero-order chi connectivity index (χ0) is 13.8. The molecular weight excluding hydrogens is 248 g/mol. The molecule has 0 radical (unpaired) electrons. The summed E-state index contributed by atoms with van der Waals surface area (Å²) in [5.41, 5.74) is 1.66. The molecule has 19 heavy (non-hydrogen) atoms. The van der Waals surface area contributed by atoms with E-state index in [1.165, 1.54) is 0 Å². The van der Waals surface area contributed by atoms with Gasteiger partial charge in [0.25, 0.3) is 11.7 Å². The second kappa shape index (κ2) is 5.51. The number of aryl methyl sites for hydroxylation is 1. The van der Waals surface area contributed by atoms with Crippen molar-refractivity contribution >= 4 is 5.97 Å². The Kier molecular flexibility index (Phi) is 3.79. The molecule has 1 heterocycles. The van der Waals surface area contributed by atoms with E-state index in [0.29, 0.717) is 11.3 Å². The van der Waals surface area contributed by atoms with E-state index in [9.17, 15) is 4.79 Å². The zero-order valence-corrected chi connectivity index (χ0v) is 11.0. The molecule has 2 aromatic rings. The fraction of sp³-hybridized carbons (Fsp3) is 0.308. The minimum atomic E-state index is -0.607. The molecule has 0 aliphatic heterocycles. The van der Waals surface area contributed by atoms with Crippen molar-refractivity contribution in [3.05, 3.63) is 29.6 Å². The summed E-state index contributed by atoms with van der Waals surface area (Å²) in [5.74, 6) is 0.123. The topological polar surface area (TPSA) is 74.5 Å². The van der Waals surface area contributed by atoms with Gasteiger partial charge in [-0.15, -0.1) is 0 Å². The summed E-state index contributed by atoms with van der Waals surface area (Å²) < 4.78 is 15.1. The predicted octanol–water partition coefficient (Wildman–Crippen LogP) is 2.23. The molecule has 0 bridgehead atoms. The highest BCUT2D eigenvalue weighted by Gasteiger charge is 2.19. The van der Waals surface area contributed by atoms with Gasteiger partial charge in [0.1, 0.15) is 5.75 Å². The van der Waals surface area contributed by atoms with Gasteiger partial charge in [0, 0.05) is 0 Å². The van der Waals surface area contributed by atoms with Gasteiger partial charge in [0.15, 0.2) is 0 Å². The third-order valence-electron chi connectivity index (χ3n) is 2.47. The van der Waals surface area contributed by atoms with Crippen LogP contribution in [0.25, 0.3) is 11.5 Å². The molecule has 6 nitrogen and oxygen atoms in total. The van der Waals surface area contributed by atoms with Crippen LogP contribution in [0.5, 0.6) is 5.75 Å². The number of esters is 1. The number of nitrogens with zero attached hydrogens (tertiary/aromatic N) is 2. The smallest absolute Gasteiger partial charge is 0.379 e. The Labute approximate surface area is 110 Å². The molecule has 6 heteroatoms. The fourth-order valence-corrected chi connectivity index (χ4v) is 1.60. The highest BCUT2D eigenvalue weighted by molar-refractivity contribution is 5.85. The molecule has 0 unspecified atom stereocenters. The largest absolute Gasteiger partial charge is 0.496 e. The number of benzene rings is 1. The van der Waals surface area contributed by atoms with Crippen LogP contribution >= 0.6 is 0 Å². The number of carbonyl (C=O) groups excluding carboxylic acids is 1. The minimum absolute atomic E-state index is 0.0968. The van der Waals surface area contributed by atoms with Gasteiger partial charge in [-0.2, -0.15) is 4.98 Å². The van der Waals surface area contributed by atoms with E-state index in [1.807, 2.05) is 19.1 Å². The molecule has 2 rings (SSSR count). The van der Waals surface area contributed by atoms with E-state index in [0.717, 1.165) is 5.56 Å². The number of hydrogen-bond acceptors (Lipinski definition) is 6. The lowest BCUT2D eigenvalue weighted by Crippen LogP contribution is -2.06. The van der Waals surface area contributed by atoms with E-state index < -0.39 is 5.97 Å². The number of hydrogen-bond donors (Lipinski definition) is 0. The van der Waals surface area contributed by atoms with Gasteiger partial charge in [0.2, 0.25) is 0 Å². The Morgan fingerprint density at radius 3 is 2.89 bits per heavy atom. The fourth-order valence-electron chi connectivity index (χ4n) is 1.60. The first-order chi connectivity index (χ1) is 9.15. The van der Waals surface area contributed by atoms with Crippen LogP contribution in [0, 0.1) is 6.92 Å². The summed E-state index contributed by atoms with van der Waals surface area (Å²) in [5, 5.41) is 3.60. The maximum absolute atomic E-state index is 11.5. The van der Waals surface area contributed by atoms with Crippen LogP contribution < -0.4 is 4.74 Å². The van der Waals surface area contributed by atoms with Crippen LogP contribution in [-0.2, 0) is 4.74 Å². The number of methoxy groups -OCH3 is 1. The summed E-state index contributed by atoms with van der Waals surface area (Å²) in [6.45, 7) is 3.91. The molecule has 0 atom stereocenters. The molecule has 1 aromatic carbocycles. The van der Waals surface area contributed by atoms with Crippen LogP contribution in [0.2, 0.25) is 0 Å². The van der Waals surface area contributed by atoms with Crippen LogP contribution in [-0.4, -0.2) is 29.8 Å². The molecule has 1 aromatic heterocycles. The SMILES string of the molecule is CCOC(=O)c1noc(-c2cc(C)ccc2OC)n1. The zero-order valence-electron chi connectivity index (χ0n) is 11.0. The van der Waals surface area contributed by atoms with Crippen molar-refractivity contribution in [3.63, 3.8) is 0 Å². The highest BCUT2D eigenvalue weighted by Crippen LogP contribution is 2.29. The van der Waals surface area contributed by atoms with Crippen molar-refractivity contribution in [1.82, 2.24) is 10.1 Å². The van der Waals surface area contributed by atoms with Crippen molar-refractivity contribution in [1.29, 1.82) is 0 Å². The van der Waals surface area contributed by atoms with E-state index in [-0.39, 0.29) is 18.3 Å². The number of aromatic nitrogens is 2. The molecule has 0 aliphatic carbocycles. The molecule has 0 N–H and O–H groups in total. The van der Waals surface area contributed by atoms with Gasteiger partial charge in [-0.3, -0.25) is 0 Å². The second-order valence-electron chi connectivity index (χ2n) is 3.85. The second-order valence-corrected chi connectivity index (χ2v) is 3.85. The van der Waals surface area contributed by atoms with Crippen LogP contribution in [0.4, 0.5) is 0 Å². The molecule has 0 saturated heterocycles. The Hall–Kier alpha value is -2.37. The van der Waals surface area contributed by atoms with Gasteiger partial charge in [0.05, 0.1) is 19.3 Å². The first-order valence-corrected chi connectivity index (χ1v) is 5.81. The summed E-state index contributed by atoms with van der Waals surface area (Å²) >= 11 is 0. The Bertz CT molecular complexity index is 592. The Morgan fingerprint density at radius 1 is 1.42 bits per heavy atom. The lowest BCUT2D eigenvalue weighted by molar-refractivity contribution is 0.0508. The van der Waals surface area contributed by atoms with Gasteiger partial charge < -0.3 is 14.0 Å². The van der Waals surface area contributed by atoms with Crippen molar-refractivity contribution in [2.45, 2.75) is 13.8 Å². The van der Waals surface area contributed by atoms with Crippen molar-refractivity contribution in [2.75, 3.05) is 13.7 Å². The molecule has 0 saturated carbocycles. The molecule has 0 aliphatic rings. The summed E-state index contributed by atoms with van der Waals surface area (Å²) in [4.78, 5) is 15.5. The minimum Gasteiger partial charge on any atom is -0.496 e. The van der Waals surface area contributed by atoms with Crippen molar-refractivity contribution in [3.8, 4) is 17.2 Å². The monoisotopic (exact) mass is 262 g/mol. The van der Waals surface area contributed by atoms with Gasteiger partial charge in [-0.25, -0.2) is 4.79 Å². The number of rotatable bonds is 4. The van der Waals surface area contributed by atoms with Crippen LogP contribution in [0.15, 0.2) is 22.7 Å². The van der Waals surface area contributed by atoms with Crippen molar-refractivity contribution < 1.29 is 18.8 Å². The maximum atomic E-state index is 11.5. The predicted molar refractivity (Wildman–Crippen MR) is 67.0 cm³/mol. The van der Waals surface area contributed by atoms with Gasteiger partial charge in [-0.1, -0.05) is 11.6 Å². The average Bonchev–Trinajstić information content (AvgIpc) is 2.88. The van der Waals surface area contributed by atoms with Gasteiger partial charge in [-0.05, 0) is 31.1 Å². The van der Waals surface area contributed by atoms with E-state index in [4.69, 9.17) is 14.0 Å². The van der Waals surface area contributed by atoms with E-state index >= 15 is 0 Å². The molecule has 0 amide bonds. The van der Waals surface area contributed by atoms with E-state index in [1.54, 1.807) is 20.1 Å². The molecule has 100 valence electrons. The number of ether oxygens (including phenoxy) is 2. The van der Waals surface area contributed by atoms with E-state index in [2.05, 4.69) is 10.1 Å². The Balaban J connectivity index is 2.37. The van der Waals surface area contributed by atoms with Crippen molar-refractivity contribution in [2.24, 2.45) is 0 Å². The average molecular weight is 262 g/mol. The highest BCUT2D eigenvalue weighted by atomic mass is 16.5. The third kappa shape index (κ3) is 2.73. The quantitative estimate of drug-likeness (QED) is 0.786. The normalized spacial score (nSPS) is 10.3. The Morgan fingerprint density at radius 2 is 2.21 bits per heavy atom. The third-order valence-corrected chi connectivity index (χ3v) is 2.47.